The molecule has 1 amide bonds. The Morgan fingerprint density at radius 1 is 1.32 bits per heavy atom. The van der Waals surface area contributed by atoms with Crippen molar-refractivity contribution < 1.29 is 4.79 Å². The summed E-state index contributed by atoms with van der Waals surface area (Å²) in [6, 6.07) is 9.76. The van der Waals surface area contributed by atoms with Gasteiger partial charge in [0.25, 0.3) is 5.91 Å². The van der Waals surface area contributed by atoms with Gasteiger partial charge < -0.3 is 9.88 Å². The van der Waals surface area contributed by atoms with Crippen molar-refractivity contribution in [2.45, 2.75) is 32.2 Å². The lowest BCUT2D eigenvalue weighted by Gasteiger charge is -2.33. The molecule has 0 saturated heterocycles. The van der Waals surface area contributed by atoms with Gasteiger partial charge in [0.15, 0.2) is 5.43 Å². The van der Waals surface area contributed by atoms with Gasteiger partial charge in [0.1, 0.15) is 5.56 Å². The monoisotopic (exact) mass is 296 g/mol. The minimum atomic E-state index is -0.225. The highest BCUT2D eigenvalue weighted by Crippen LogP contribution is 2.33. The molecule has 114 valence electrons. The van der Waals surface area contributed by atoms with E-state index < -0.39 is 0 Å². The second-order valence-corrected chi connectivity index (χ2v) is 5.92. The fourth-order valence-corrected chi connectivity index (χ4v) is 3.20. The molecule has 0 aliphatic heterocycles. The van der Waals surface area contributed by atoms with Gasteiger partial charge in [0.05, 0.1) is 6.04 Å². The molecule has 1 aliphatic rings. The van der Waals surface area contributed by atoms with Gasteiger partial charge in [-0.2, -0.15) is 0 Å². The van der Waals surface area contributed by atoms with Crippen molar-refractivity contribution in [2.24, 2.45) is 0 Å². The molecule has 4 heteroatoms. The van der Waals surface area contributed by atoms with E-state index in [1.807, 2.05) is 12.1 Å². The summed E-state index contributed by atoms with van der Waals surface area (Å²) >= 11 is 0. The number of nitrogens with zero attached hydrogens (tertiary/aromatic N) is 1. The molecule has 1 aliphatic carbocycles. The van der Waals surface area contributed by atoms with Crippen LogP contribution in [0.4, 0.5) is 0 Å². The van der Waals surface area contributed by atoms with Crippen LogP contribution in [0.15, 0.2) is 41.3 Å². The van der Waals surface area contributed by atoms with Crippen molar-refractivity contribution in [3.05, 3.63) is 69.1 Å². The maximum Gasteiger partial charge on any atom is 0.259 e. The highest BCUT2D eigenvalue weighted by Gasteiger charge is 2.28. The van der Waals surface area contributed by atoms with Crippen molar-refractivity contribution in [2.75, 3.05) is 7.05 Å². The number of fused-ring (bicyclic) bond motifs is 1. The van der Waals surface area contributed by atoms with Crippen molar-refractivity contribution in [3.8, 4) is 0 Å². The third-order valence-corrected chi connectivity index (χ3v) is 4.41. The number of aryl methyl sites for hydroxylation is 2. The number of hydrogen-bond donors (Lipinski definition) is 1. The van der Waals surface area contributed by atoms with Crippen molar-refractivity contribution in [3.63, 3.8) is 0 Å². The Labute approximate surface area is 129 Å². The first kappa shape index (κ1) is 14.6. The lowest BCUT2D eigenvalue weighted by Crippen LogP contribution is -2.35. The Morgan fingerprint density at radius 2 is 2.09 bits per heavy atom. The number of aromatic amines is 1. The number of hydrogen-bond acceptors (Lipinski definition) is 2. The summed E-state index contributed by atoms with van der Waals surface area (Å²) in [5.41, 5.74) is 3.24. The Kier molecular flexibility index (Phi) is 3.84. The summed E-state index contributed by atoms with van der Waals surface area (Å²) in [7, 11) is 1.79. The van der Waals surface area contributed by atoms with E-state index in [0.717, 1.165) is 25.0 Å². The summed E-state index contributed by atoms with van der Waals surface area (Å²) in [6.07, 6.45) is 4.57. The second-order valence-electron chi connectivity index (χ2n) is 5.92. The Bertz CT molecular complexity index is 764. The van der Waals surface area contributed by atoms with Crippen LogP contribution in [0.5, 0.6) is 0 Å². The first-order valence-electron chi connectivity index (χ1n) is 7.62. The fourth-order valence-electron chi connectivity index (χ4n) is 3.20. The minimum absolute atomic E-state index is 0.0400. The molecule has 1 aromatic heterocycles. The van der Waals surface area contributed by atoms with Gasteiger partial charge >= 0.3 is 0 Å². The zero-order valence-electron chi connectivity index (χ0n) is 12.9. The van der Waals surface area contributed by atoms with Crippen LogP contribution < -0.4 is 5.43 Å². The number of aromatic nitrogens is 1. The summed E-state index contributed by atoms with van der Waals surface area (Å²) in [4.78, 5) is 29.4. The van der Waals surface area contributed by atoms with Gasteiger partial charge in [-0.3, -0.25) is 9.59 Å². The molecule has 0 radical (unpaired) electrons. The third kappa shape index (κ3) is 2.56. The van der Waals surface area contributed by atoms with Crippen molar-refractivity contribution in [1.29, 1.82) is 0 Å². The molecule has 1 aromatic carbocycles. The standard InChI is InChI=1S/C18H20N2O2/c1-12-10-17(21)15(11-19-12)18(22)20(2)16-9-5-7-13-6-3-4-8-14(13)16/h3-4,6,8,10-11,16H,5,7,9H2,1-2H3,(H,19,21). The molecule has 22 heavy (non-hydrogen) atoms. The van der Waals surface area contributed by atoms with Gasteiger partial charge in [-0.25, -0.2) is 0 Å². The largest absolute Gasteiger partial charge is 0.364 e. The summed E-state index contributed by atoms with van der Waals surface area (Å²) < 4.78 is 0. The van der Waals surface area contributed by atoms with Crippen LogP contribution in [-0.2, 0) is 6.42 Å². The second kappa shape index (κ2) is 5.79. The topological polar surface area (TPSA) is 53.2 Å². The first-order chi connectivity index (χ1) is 10.6. The van der Waals surface area contributed by atoms with E-state index in [2.05, 4.69) is 17.1 Å². The van der Waals surface area contributed by atoms with E-state index in [4.69, 9.17) is 0 Å². The summed E-state index contributed by atoms with van der Waals surface area (Å²) in [5, 5.41) is 0. The minimum Gasteiger partial charge on any atom is -0.364 e. The van der Waals surface area contributed by atoms with Crippen molar-refractivity contribution >= 4 is 5.91 Å². The van der Waals surface area contributed by atoms with Crippen LogP contribution in [0.25, 0.3) is 0 Å². The number of pyridine rings is 1. The van der Waals surface area contributed by atoms with Crippen molar-refractivity contribution in [1.82, 2.24) is 9.88 Å². The van der Waals surface area contributed by atoms with E-state index in [0.29, 0.717) is 0 Å². The summed E-state index contributed by atoms with van der Waals surface area (Å²) in [6.45, 7) is 1.80. The molecule has 1 atom stereocenters. The normalized spacial score (nSPS) is 16.9. The lowest BCUT2D eigenvalue weighted by atomic mass is 9.87. The molecule has 0 spiro atoms. The fraction of sp³-hybridized carbons (Fsp3) is 0.333. The molecular formula is C18H20N2O2. The zero-order chi connectivity index (χ0) is 15.7. The van der Waals surface area contributed by atoms with Crippen LogP contribution in [0, 0.1) is 6.92 Å². The number of carbonyl (C=O) groups is 1. The molecule has 0 saturated carbocycles. The average molecular weight is 296 g/mol. The molecule has 1 unspecified atom stereocenters. The van der Waals surface area contributed by atoms with E-state index >= 15 is 0 Å². The Morgan fingerprint density at radius 3 is 2.86 bits per heavy atom. The smallest absolute Gasteiger partial charge is 0.259 e. The summed E-state index contributed by atoms with van der Waals surface area (Å²) in [5.74, 6) is -0.219. The van der Waals surface area contributed by atoms with E-state index in [1.54, 1.807) is 18.9 Å². The molecule has 0 bridgehead atoms. The number of nitrogens with one attached hydrogen (secondary N) is 1. The molecule has 1 N–H and O–H groups in total. The number of amides is 1. The maximum atomic E-state index is 12.7. The van der Waals surface area contributed by atoms with Crippen LogP contribution in [-0.4, -0.2) is 22.8 Å². The van der Waals surface area contributed by atoms with E-state index in [1.165, 1.54) is 23.4 Å². The number of H-pyrrole nitrogens is 1. The zero-order valence-corrected chi connectivity index (χ0v) is 12.9. The quantitative estimate of drug-likeness (QED) is 0.926. The molecular weight excluding hydrogens is 276 g/mol. The predicted octanol–water partition coefficient (Wildman–Crippen LogP) is 2.83. The van der Waals surface area contributed by atoms with Gasteiger partial charge in [0, 0.05) is 25.0 Å². The number of carbonyl (C=O) groups excluding carboxylic acids is 1. The van der Waals surface area contributed by atoms with Gasteiger partial charge in [-0.05, 0) is 37.3 Å². The molecule has 2 aromatic rings. The van der Waals surface area contributed by atoms with Gasteiger partial charge in [-0.1, -0.05) is 24.3 Å². The van der Waals surface area contributed by atoms with Crippen LogP contribution in [0.2, 0.25) is 0 Å². The third-order valence-electron chi connectivity index (χ3n) is 4.41. The SMILES string of the molecule is Cc1cc(=O)c(C(=O)N(C)C2CCCc3ccccc32)c[nH]1. The van der Waals surface area contributed by atoms with Crippen LogP contribution in [0.1, 0.15) is 46.1 Å². The van der Waals surface area contributed by atoms with Crippen LogP contribution in [0.3, 0.4) is 0 Å². The molecule has 0 fully saturated rings. The Hall–Kier alpha value is -2.36. The van der Waals surface area contributed by atoms with Gasteiger partial charge in [0.2, 0.25) is 0 Å². The molecule has 1 heterocycles. The predicted molar refractivity (Wildman–Crippen MR) is 86.0 cm³/mol. The number of rotatable bonds is 2. The van der Waals surface area contributed by atoms with Crippen LogP contribution >= 0.6 is 0 Å². The lowest BCUT2D eigenvalue weighted by molar-refractivity contribution is 0.0713. The maximum absolute atomic E-state index is 12.7. The average Bonchev–Trinajstić information content (AvgIpc) is 2.53. The highest BCUT2D eigenvalue weighted by atomic mass is 16.2. The molecule has 3 rings (SSSR count). The van der Waals surface area contributed by atoms with E-state index in [-0.39, 0.29) is 22.9 Å². The highest BCUT2D eigenvalue weighted by molar-refractivity contribution is 5.94. The van der Waals surface area contributed by atoms with E-state index in [9.17, 15) is 9.59 Å². The molecule has 4 nitrogen and oxygen atoms in total. The Balaban J connectivity index is 1.93. The number of benzene rings is 1. The first-order valence-corrected chi connectivity index (χ1v) is 7.62. The van der Waals surface area contributed by atoms with Gasteiger partial charge in [-0.15, -0.1) is 0 Å².